The molecule has 0 radical (unpaired) electrons. The Hall–Kier alpha value is -0.390. The second-order valence-corrected chi connectivity index (χ2v) is 2.00. The number of carboxylic acids is 2. The third kappa shape index (κ3) is 9.61. The molecule has 0 saturated heterocycles. The number of ketones is 1. The van der Waals surface area contributed by atoms with Gasteiger partial charge in [-0.15, -0.1) is 0 Å². The van der Waals surface area contributed by atoms with Gasteiger partial charge in [0.05, 0.1) is 6.42 Å². The van der Waals surface area contributed by atoms with Crippen molar-refractivity contribution in [1.82, 2.24) is 0 Å². The van der Waals surface area contributed by atoms with E-state index in [-0.39, 0.29) is 42.4 Å². The van der Waals surface area contributed by atoms with Gasteiger partial charge in [0.2, 0.25) is 0 Å². The van der Waals surface area contributed by atoms with Crippen LogP contribution in [0.5, 0.6) is 0 Å². The molecule has 0 rings (SSSR count). The molecule has 0 aromatic heterocycles. The van der Waals surface area contributed by atoms with Crippen LogP contribution in [0.4, 0.5) is 0 Å². The number of rotatable bonds is 5. The molecule has 0 unspecified atom stereocenters. The molecule has 0 saturated carbocycles. The van der Waals surface area contributed by atoms with Crippen LogP contribution in [0.3, 0.4) is 0 Å². The van der Waals surface area contributed by atoms with Crippen LogP contribution in [0.15, 0.2) is 0 Å². The van der Waals surface area contributed by atoms with E-state index >= 15 is 0 Å². The summed E-state index contributed by atoms with van der Waals surface area (Å²) < 4.78 is 0. The van der Waals surface area contributed by atoms with Crippen LogP contribution in [0.1, 0.15) is 19.3 Å². The van der Waals surface area contributed by atoms with Crippen LogP contribution in [0, 0.1) is 0 Å². The second kappa shape index (κ2) is 7.27. The van der Waals surface area contributed by atoms with E-state index in [4.69, 9.17) is 10.2 Å². The first kappa shape index (κ1) is 14.2. The fourth-order valence-corrected chi connectivity index (χ4v) is 0.503. The quantitative estimate of drug-likeness (QED) is 0.433. The van der Waals surface area contributed by atoms with Crippen LogP contribution in [-0.2, 0) is 14.4 Å². The van der Waals surface area contributed by atoms with E-state index in [9.17, 15) is 14.4 Å². The fraction of sp³-hybridized carbons (Fsp3) is 0.500. The third-order valence-corrected chi connectivity index (χ3v) is 0.966. The van der Waals surface area contributed by atoms with Crippen LogP contribution in [0.2, 0.25) is 0 Å². The van der Waals surface area contributed by atoms with Crippen LogP contribution in [0.25, 0.3) is 0 Å². The predicted octanol–water partition coefficient (Wildman–Crippen LogP) is -0.754. The Kier molecular flexibility index (Phi) is 8.57. The average Bonchev–Trinajstić information content (AvgIpc) is 1.82. The van der Waals surface area contributed by atoms with Gasteiger partial charge in [0.15, 0.2) is 0 Å². The molecule has 0 atom stereocenters. The zero-order valence-electron chi connectivity index (χ0n) is 5.74. The Morgan fingerprint density at radius 1 is 0.917 bits per heavy atom. The summed E-state index contributed by atoms with van der Waals surface area (Å²) >= 11 is 0. The number of Topliss-reactive ketones (excluding diaryl/α,β-unsaturated/α-hetero) is 1. The maximum absolute atomic E-state index is 10.5. The Bertz CT molecular complexity index is 188. The molecule has 12 heavy (non-hydrogen) atoms. The van der Waals surface area contributed by atoms with Crippen molar-refractivity contribution < 1.29 is 24.6 Å². The molecule has 0 aliphatic rings. The number of hydrogen-bond acceptors (Lipinski definition) is 3. The van der Waals surface area contributed by atoms with Gasteiger partial charge in [0, 0.05) is 6.42 Å². The molecule has 2 N–H and O–H groups in total. The first-order chi connectivity index (χ1) is 5.02. The predicted molar refractivity (Wildman–Crippen MR) is 41.3 cm³/mol. The van der Waals surface area contributed by atoms with Crippen molar-refractivity contribution in [2.75, 3.05) is 0 Å². The standard InChI is InChI=1S/C6H8O5.Na.H/c7-4(3-6(10)11)1-2-5(8)9;;/h1-3H2,(H,8,9)(H,10,11);;. The normalized spacial score (nSPS) is 8.33. The summed E-state index contributed by atoms with van der Waals surface area (Å²) in [5.41, 5.74) is 0. The summed E-state index contributed by atoms with van der Waals surface area (Å²) in [6.45, 7) is 0. The molecule has 5 nitrogen and oxygen atoms in total. The molecule has 0 aromatic rings. The Balaban J connectivity index is 0. The van der Waals surface area contributed by atoms with Crippen LogP contribution in [-0.4, -0.2) is 57.5 Å². The van der Waals surface area contributed by atoms with E-state index in [0.717, 1.165) is 0 Å². The van der Waals surface area contributed by atoms with Crippen molar-refractivity contribution in [2.24, 2.45) is 0 Å². The fourth-order valence-electron chi connectivity index (χ4n) is 0.503. The monoisotopic (exact) mass is 184 g/mol. The molecule has 0 aliphatic heterocycles. The van der Waals surface area contributed by atoms with Crippen molar-refractivity contribution in [3.8, 4) is 0 Å². The summed E-state index contributed by atoms with van der Waals surface area (Å²) in [4.78, 5) is 30.3. The summed E-state index contributed by atoms with van der Waals surface area (Å²) in [6.07, 6.45) is -1.10. The van der Waals surface area contributed by atoms with Crippen molar-refractivity contribution in [3.05, 3.63) is 0 Å². The van der Waals surface area contributed by atoms with E-state index in [1.54, 1.807) is 0 Å². The number of hydrogen-bond donors (Lipinski definition) is 2. The Labute approximate surface area is 91.1 Å². The van der Waals surface area contributed by atoms with Crippen molar-refractivity contribution >= 4 is 47.3 Å². The van der Waals surface area contributed by atoms with Gasteiger partial charge in [-0.25, -0.2) is 0 Å². The van der Waals surface area contributed by atoms with Crippen molar-refractivity contribution in [2.45, 2.75) is 19.3 Å². The van der Waals surface area contributed by atoms with E-state index < -0.39 is 24.1 Å². The molecule has 0 spiro atoms. The summed E-state index contributed by atoms with van der Waals surface area (Å²) in [6, 6.07) is 0. The molecule has 64 valence electrons. The molecular weight excluding hydrogens is 175 g/mol. The first-order valence-electron chi connectivity index (χ1n) is 2.97. The zero-order valence-corrected chi connectivity index (χ0v) is 5.74. The van der Waals surface area contributed by atoms with Gasteiger partial charge >= 0.3 is 41.5 Å². The van der Waals surface area contributed by atoms with E-state index in [1.807, 2.05) is 0 Å². The second-order valence-electron chi connectivity index (χ2n) is 2.00. The van der Waals surface area contributed by atoms with Crippen LogP contribution >= 0.6 is 0 Å². The molecule has 0 amide bonds. The minimum atomic E-state index is -1.22. The van der Waals surface area contributed by atoms with Gasteiger partial charge in [0.25, 0.3) is 0 Å². The molecule has 0 aromatic carbocycles. The van der Waals surface area contributed by atoms with E-state index in [2.05, 4.69) is 0 Å². The number of carbonyl (C=O) groups is 3. The van der Waals surface area contributed by atoms with Gasteiger partial charge in [0.1, 0.15) is 12.2 Å². The molecule has 0 aliphatic carbocycles. The SMILES string of the molecule is O=C(O)CCC(=O)CC(=O)O.[NaH]. The van der Waals surface area contributed by atoms with E-state index in [0.29, 0.717) is 0 Å². The topological polar surface area (TPSA) is 91.7 Å². The van der Waals surface area contributed by atoms with Crippen LogP contribution < -0.4 is 0 Å². The third-order valence-electron chi connectivity index (χ3n) is 0.966. The first-order valence-corrected chi connectivity index (χ1v) is 2.97. The Morgan fingerprint density at radius 2 is 1.42 bits per heavy atom. The minimum absolute atomic E-state index is 0. The summed E-state index contributed by atoms with van der Waals surface area (Å²) in [7, 11) is 0. The van der Waals surface area contributed by atoms with Gasteiger partial charge in [-0.3, -0.25) is 14.4 Å². The van der Waals surface area contributed by atoms with Gasteiger partial charge in [-0.2, -0.15) is 0 Å². The van der Waals surface area contributed by atoms with Crippen molar-refractivity contribution in [1.29, 1.82) is 0 Å². The van der Waals surface area contributed by atoms with Gasteiger partial charge < -0.3 is 10.2 Å². The van der Waals surface area contributed by atoms with Gasteiger partial charge in [-0.1, -0.05) is 0 Å². The summed E-state index contributed by atoms with van der Waals surface area (Å²) in [5.74, 6) is -2.87. The average molecular weight is 184 g/mol. The molecule has 0 fully saturated rings. The van der Waals surface area contributed by atoms with E-state index in [1.165, 1.54) is 0 Å². The molecule has 6 heteroatoms. The maximum atomic E-state index is 10.5. The number of aliphatic carboxylic acids is 2. The molecule has 0 heterocycles. The number of carbonyl (C=O) groups excluding carboxylic acids is 1. The van der Waals surface area contributed by atoms with Gasteiger partial charge in [-0.05, 0) is 0 Å². The Morgan fingerprint density at radius 3 is 1.75 bits per heavy atom. The summed E-state index contributed by atoms with van der Waals surface area (Å²) in [5, 5.41) is 16.2. The molecular formula is C6H9NaO5. The molecule has 0 bridgehead atoms. The zero-order chi connectivity index (χ0) is 8.85. The van der Waals surface area contributed by atoms with Crippen molar-refractivity contribution in [3.63, 3.8) is 0 Å². The number of carboxylic acid groups (broad SMARTS) is 2.